The first-order chi connectivity index (χ1) is 4.86. The van der Waals surface area contributed by atoms with Crippen molar-refractivity contribution in [3.8, 4) is 0 Å². The van der Waals surface area contributed by atoms with Crippen LogP contribution in [0, 0.1) is 0 Å². The molecule has 11 heavy (non-hydrogen) atoms. The van der Waals surface area contributed by atoms with E-state index in [0.29, 0.717) is 0 Å². The molecule has 1 atom stereocenters. The van der Waals surface area contributed by atoms with Gasteiger partial charge in [0.1, 0.15) is 5.54 Å². The maximum Gasteiger partial charge on any atom is 0.159 e. The van der Waals surface area contributed by atoms with Crippen molar-refractivity contribution >= 4 is 5.78 Å². The average molecular weight is 154 g/mol. The predicted octanol–water partition coefficient (Wildman–Crippen LogP) is 1.97. The lowest BCUT2D eigenvalue weighted by molar-refractivity contribution is -0.121. The summed E-state index contributed by atoms with van der Waals surface area (Å²) >= 11 is 0. The molecule has 0 fully saturated rings. The molecule has 0 bridgehead atoms. The van der Waals surface area contributed by atoms with Crippen LogP contribution in [0.1, 0.15) is 34.1 Å². The lowest BCUT2D eigenvalue weighted by atomic mass is 9.86. The molecule has 1 aliphatic rings. The minimum atomic E-state index is -0.552. The molecule has 3 nitrogen and oxygen atoms in total. The molecular formula is C8H14N2O. The summed E-state index contributed by atoms with van der Waals surface area (Å²) in [4.78, 5) is 11.1. The molecule has 0 saturated carbocycles. The van der Waals surface area contributed by atoms with E-state index in [9.17, 15) is 4.79 Å². The Bertz CT molecular complexity index is 220. The lowest BCUT2D eigenvalue weighted by Gasteiger charge is -2.18. The predicted molar refractivity (Wildman–Crippen MR) is 42.6 cm³/mol. The van der Waals surface area contributed by atoms with Gasteiger partial charge in [-0.25, -0.2) is 0 Å². The third-order valence-electron chi connectivity index (χ3n) is 2.08. The second kappa shape index (κ2) is 2.13. The van der Waals surface area contributed by atoms with Crippen molar-refractivity contribution in [2.75, 3.05) is 0 Å². The Labute approximate surface area is 66.9 Å². The number of carbonyl (C=O) groups is 1. The van der Waals surface area contributed by atoms with Gasteiger partial charge < -0.3 is 0 Å². The zero-order valence-electron chi connectivity index (χ0n) is 7.51. The number of Topliss-reactive ketones (excluding diaryl/α,β-unsaturated/α-hetero) is 1. The molecule has 3 heteroatoms. The van der Waals surface area contributed by atoms with E-state index in [4.69, 9.17) is 0 Å². The Hall–Kier alpha value is -0.730. The molecule has 1 aliphatic heterocycles. The van der Waals surface area contributed by atoms with E-state index in [0.717, 1.165) is 6.42 Å². The minimum Gasteiger partial charge on any atom is -0.297 e. The fourth-order valence-corrected chi connectivity index (χ4v) is 1.35. The highest BCUT2D eigenvalue weighted by atomic mass is 16.1. The fourth-order valence-electron chi connectivity index (χ4n) is 1.35. The van der Waals surface area contributed by atoms with E-state index in [-0.39, 0.29) is 11.3 Å². The van der Waals surface area contributed by atoms with Gasteiger partial charge in [-0.05, 0) is 27.7 Å². The Balaban J connectivity index is 2.84. The Morgan fingerprint density at radius 1 is 1.27 bits per heavy atom. The van der Waals surface area contributed by atoms with Crippen LogP contribution in [0.25, 0.3) is 0 Å². The van der Waals surface area contributed by atoms with Crippen molar-refractivity contribution in [3.05, 3.63) is 0 Å². The first-order valence-corrected chi connectivity index (χ1v) is 3.81. The lowest BCUT2D eigenvalue weighted by Crippen LogP contribution is -2.32. The number of hydrogen-bond acceptors (Lipinski definition) is 3. The van der Waals surface area contributed by atoms with Crippen LogP contribution in [-0.4, -0.2) is 16.9 Å². The molecule has 0 aromatic heterocycles. The normalized spacial score (nSPS) is 34.2. The molecular weight excluding hydrogens is 140 g/mol. The van der Waals surface area contributed by atoms with E-state index in [2.05, 4.69) is 10.2 Å². The quantitative estimate of drug-likeness (QED) is 0.569. The highest BCUT2D eigenvalue weighted by molar-refractivity contribution is 5.86. The van der Waals surface area contributed by atoms with Gasteiger partial charge in [0.05, 0.1) is 5.54 Å². The molecule has 0 amide bonds. The maximum atomic E-state index is 11.1. The molecule has 1 unspecified atom stereocenters. The molecule has 0 spiro atoms. The van der Waals surface area contributed by atoms with E-state index < -0.39 is 5.54 Å². The third kappa shape index (κ3) is 1.47. The van der Waals surface area contributed by atoms with Gasteiger partial charge in [0.15, 0.2) is 5.78 Å². The van der Waals surface area contributed by atoms with Gasteiger partial charge in [-0.3, -0.25) is 4.79 Å². The zero-order valence-corrected chi connectivity index (χ0v) is 7.51. The number of nitrogens with zero attached hydrogens (tertiary/aromatic N) is 2. The smallest absolute Gasteiger partial charge is 0.159 e. The number of rotatable bonds is 1. The van der Waals surface area contributed by atoms with Crippen molar-refractivity contribution in [1.29, 1.82) is 0 Å². The van der Waals surface area contributed by atoms with E-state index >= 15 is 0 Å². The van der Waals surface area contributed by atoms with Crippen LogP contribution in [-0.2, 0) is 4.79 Å². The van der Waals surface area contributed by atoms with Crippen molar-refractivity contribution in [1.82, 2.24) is 0 Å². The number of hydrogen-bond donors (Lipinski definition) is 0. The summed E-state index contributed by atoms with van der Waals surface area (Å²) in [6, 6.07) is 0. The van der Waals surface area contributed by atoms with E-state index in [1.807, 2.05) is 20.8 Å². The molecule has 0 aromatic rings. The second-order valence-corrected chi connectivity index (χ2v) is 4.02. The minimum absolute atomic E-state index is 0.104. The largest absolute Gasteiger partial charge is 0.297 e. The molecule has 1 heterocycles. The molecule has 0 aromatic carbocycles. The Kier molecular flexibility index (Phi) is 1.62. The Morgan fingerprint density at radius 2 is 1.82 bits per heavy atom. The number of ketones is 1. The van der Waals surface area contributed by atoms with Crippen LogP contribution in [0.3, 0.4) is 0 Å². The van der Waals surface area contributed by atoms with Gasteiger partial charge in [0.25, 0.3) is 0 Å². The van der Waals surface area contributed by atoms with Crippen LogP contribution in [0.4, 0.5) is 0 Å². The summed E-state index contributed by atoms with van der Waals surface area (Å²) in [5.74, 6) is 0.104. The third-order valence-corrected chi connectivity index (χ3v) is 2.08. The van der Waals surface area contributed by atoms with Gasteiger partial charge in [0.2, 0.25) is 0 Å². The molecule has 0 N–H and O–H groups in total. The van der Waals surface area contributed by atoms with Gasteiger partial charge in [0, 0.05) is 6.42 Å². The molecule has 0 radical (unpaired) electrons. The SMILES string of the molecule is CC(=O)C1(C)CC(C)(C)N=N1. The summed E-state index contributed by atoms with van der Waals surface area (Å²) < 4.78 is 0. The number of azo groups is 1. The molecule has 0 aliphatic carbocycles. The molecule has 62 valence electrons. The van der Waals surface area contributed by atoms with Crippen molar-refractivity contribution < 1.29 is 4.79 Å². The summed E-state index contributed by atoms with van der Waals surface area (Å²) in [6.07, 6.45) is 0.731. The summed E-state index contributed by atoms with van der Waals surface area (Å²) in [6.45, 7) is 7.39. The van der Waals surface area contributed by atoms with Crippen LogP contribution < -0.4 is 0 Å². The fraction of sp³-hybridized carbons (Fsp3) is 0.875. The monoisotopic (exact) mass is 154 g/mol. The van der Waals surface area contributed by atoms with Crippen LogP contribution in [0.5, 0.6) is 0 Å². The first-order valence-electron chi connectivity index (χ1n) is 3.81. The summed E-state index contributed by atoms with van der Waals surface area (Å²) in [5.41, 5.74) is -0.704. The van der Waals surface area contributed by atoms with Gasteiger partial charge in [-0.1, -0.05) is 0 Å². The van der Waals surface area contributed by atoms with Crippen molar-refractivity contribution in [2.45, 2.75) is 45.2 Å². The zero-order chi connectivity index (χ0) is 8.70. The highest BCUT2D eigenvalue weighted by Crippen LogP contribution is 2.34. The van der Waals surface area contributed by atoms with Gasteiger partial charge >= 0.3 is 0 Å². The molecule has 1 rings (SSSR count). The molecule has 0 saturated heterocycles. The number of carbonyl (C=O) groups excluding carboxylic acids is 1. The van der Waals surface area contributed by atoms with Gasteiger partial charge in [-0.2, -0.15) is 10.2 Å². The van der Waals surface area contributed by atoms with Crippen LogP contribution in [0.15, 0.2) is 10.2 Å². The van der Waals surface area contributed by atoms with Crippen molar-refractivity contribution in [2.24, 2.45) is 10.2 Å². The maximum absolute atomic E-state index is 11.1. The standard InChI is InChI=1S/C8H14N2O/c1-6(11)8(4)5-7(2,3)9-10-8/h5H2,1-4H3. The Morgan fingerprint density at radius 3 is 2.00 bits per heavy atom. The summed E-state index contributed by atoms with van der Waals surface area (Å²) in [5, 5.41) is 8.04. The van der Waals surface area contributed by atoms with E-state index in [1.54, 1.807) is 6.92 Å². The van der Waals surface area contributed by atoms with E-state index in [1.165, 1.54) is 0 Å². The summed E-state index contributed by atoms with van der Waals surface area (Å²) in [7, 11) is 0. The van der Waals surface area contributed by atoms with Crippen molar-refractivity contribution in [3.63, 3.8) is 0 Å². The van der Waals surface area contributed by atoms with Gasteiger partial charge in [-0.15, -0.1) is 0 Å². The van der Waals surface area contributed by atoms with Crippen LogP contribution in [0.2, 0.25) is 0 Å². The highest BCUT2D eigenvalue weighted by Gasteiger charge is 2.41. The van der Waals surface area contributed by atoms with Crippen LogP contribution >= 0.6 is 0 Å². The first kappa shape index (κ1) is 8.37. The second-order valence-electron chi connectivity index (χ2n) is 4.02. The average Bonchev–Trinajstić information content (AvgIpc) is 2.08. The topological polar surface area (TPSA) is 41.8 Å².